The summed E-state index contributed by atoms with van der Waals surface area (Å²) in [6, 6.07) is 8.41. The van der Waals surface area contributed by atoms with E-state index in [2.05, 4.69) is 4.98 Å². The zero-order valence-electron chi connectivity index (χ0n) is 11.8. The number of nitrogens with zero attached hydrogens (tertiary/aromatic N) is 1. The highest BCUT2D eigenvalue weighted by atomic mass is 35.5. The molecule has 0 aliphatic carbocycles. The van der Waals surface area contributed by atoms with E-state index in [1.54, 1.807) is 42.7 Å². The number of aromatic nitrogens is 1. The molecule has 7 heteroatoms. The van der Waals surface area contributed by atoms with E-state index in [4.69, 9.17) is 69.6 Å². The maximum Gasteiger partial charge on any atom is 0.0672 e. The Morgan fingerprint density at radius 3 is 1.62 bits per heavy atom. The van der Waals surface area contributed by atoms with Crippen LogP contribution < -0.4 is 0 Å². The molecule has 0 aliphatic heterocycles. The third kappa shape index (κ3) is 3.48. The molecule has 0 N–H and O–H groups in total. The third-order valence-corrected chi connectivity index (χ3v) is 5.43. The molecule has 1 nitrogen and oxygen atoms in total. The van der Waals surface area contributed by atoms with Crippen molar-refractivity contribution in [1.29, 1.82) is 0 Å². The maximum absolute atomic E-state index is 6.37. The first kappa shape index (κ1) is 18.1. The van der Waals surface area contributed by atoms with Gasteiger partial charge in [-0.05, 0) is 35.9 Å². The van der Waals surface area contributed by atoms with Gasteiger partial charge in [0.1, 0.15) is 0 Å². The molecule has 0 atom stereocenters. The second kappa shape index (κ2) is 7.29. The highest BCUT2D eigenvalue weighted by Gasteiger charge is 2.17. The molecule has 122 valence electrons. The fourth-order valence-corrected chi connectivity index (χ4v) is 3.76. The van der Waals surface area contributed by atoms with Crippen LogP contribution in [-0.4, -0.2) is 4.98 Å². The van der Waals surface area contributed by atoms with E-state index in [0.717, 1.165) is 5.56 Å². The van der Waals surface area contributed by atoms with Crippen molar-refractivity contribution in [2.75, 3.05) is 0 Å². The Morgan fingerprint density at radius 1 is 0.583 bits per heavy atom. The zero-order valence-corrected chi connectivity index (χ0v) is 16.3. The first-order chi connectivity index (χ1) is 11.4. The van der Waals surface area contributed by atoms with Crippen LogP contribution in [-0.2, 0) is 0 Å². The summed E-state index contributed by atoms with van der Waals surface area (Å²) in [5.41, 5.74) is 2.79. The van der Waals surface area contributed by atoms with Crippen molar-refractivity contribution in [1.82, 2.24) is 4.98 Å². The number of hydrogen-bond acceptors (Lipinski definition) is 1. The molecule has 1 aromatic heterocycles. The first-order valence-electron chi connectivity index (χ1n) is 6.62. The first-order valence-corrected chi connectivity index (χ1v) is 8.89. The van der Waals surface area contributed by atoms with Gasteiger partial charge in [0.05, 0.1) is 20.1 Å². The molecule has 1 heterocycles. The van der Waals surface area contributed by atoms with E-state index in [0.29, 0.717) is 46.8 Å². The summed E-state index contributed by atoms with van der Waals surface area (Å²) in [7, 11) is 0. The fourth-order valence-electron chi connectivity index (χ4n) is 2.35. The van der Waals surface area contributed by atoms with Crippen LogP contribution in [0.4, 0.5) is 0 Å². The van der Waals surface area contributed by atoms with Crippen LogP contribution in [0.25, 0.3) is 22.3 Å². The van der Waals surface area contributed by atoms with Crippen molar-refractivity contribution in [3.63, 3.8) is 0 Å². The maximum atomic E-state index is 6.37. The summed E-state index contributed by atoms with van der Waals surface area (Å²) in [6.07, 6.45) is 3.30. The van der Waals surface area contributed by atoms with Gasteiger partial charge in [0.25, 0.3) is 0 Å². The number of pyridine rings is 1. The number of halogens is 6. The van der Waals surface area contributed by atoms with Crippen molar-refractivity contribution in [2.24, 2.45) is 0 Å². The Labute approximate surface area is 169 Å². The smallest absolute Gasteiger partial charge is 0.0672 e. The predicted octanol–water partition coefficient (Wildman–Crippen LogP) is 8.34. The summed E-state index contributed by atoms with van der Waals surface area (Å²) in [6.45, 7) is 0. The highest BCUT2D eigenvalue weighted by Crippen LogP contribution is 2.44. The average Bonchev–Trinajstić information content (AvgIpc) is 2.54. The lowest BCUT2D eigenvalue weighted by Gasteiger charge is -2.14. The van der Waals surface area contributed by atoms with Gasteiger partial charge in [-0.25, -0.2) is 0 Å². The van der Waals surface area contributed by atoms with Gasteiger partial charge in [-0.3, -0.25) is 4.98 Å². The van der Waals surface area contributed by atoms with Crippen LogP contribution in [0.15, 0.2) is 42.7 Å². The molecule has 0 bridgehead atoms. The minimum atomic E-state index is 0.351. The summed E-state index contributed by atoms with van der Waals surface area (Å²) >= 11 is 37.3. The minimum absolute atomic E-state index is 0.351. The lowest BCUT2D eigenvalue weighted by Crippen LogP contribution is -1.90. The molecule has 0 aliphatic rings. The van der Waals surface area contributed by atoms with Crippen molar-refractivity contribution >= 4 is 69.6 Å². The van der Waals surface area contributed by atoms with Crippen LogP contribution in [0.2, 0.25) is 30.1 Å². The van der Waals surface area contributed by atoms with Gasteiger partial charge in [0.15, 0.2) is 0 Å². The summed E-state index contributed by atoms with van der Waals surface area (Å²) < 4.78 is 0. The Morgan fingerprint density at radius 2 is 1.08 bits per heavy atom. The van der Waals surface area contributed by atoms with E-state index >= 15 is 0 Å². The summed E-state index contributed by atoms with van der Waals surface area (Å²) in [4.78, 5) is 4.17. The zero-order chi connectivity index (χ0) is 17.4. The van der Waals surface area contributed by atoms with Gasteiger partial charge in [-0.1, -0.05) is 69.6 Å². The summed E-state index contributed by atoms with van der Waals surface area (Å²) in [5, 5.41) is 2.40. The van der Waals surface area contributed by atoms with E-state index in [1.165, 1.54) is 0 Å². The molecule has 0 saturated carbocycles. The molecule has 24 heavy (non-hydrogen) atoms. The molecule has 2 aromatic carbocycles. The lowest BCUT2D eigenvalue weighted by atomic mass is 9.96. The van der Waals surface area contributed by atoms with Gasteiger partial charge in [0.2, 0.25) is 0 Å². The fraction of sp³-hybridized carbons (Fsp3) is 0. The van der Waals surface area contributed by atoms with Crippen molar-refractivity contribution in [3.8, 4) is 22.3 Å². The van der Waals surface area contributed by atoms with E-state index in [1.807, 2.05) is 0 Å². The molecular weight excluding hydrogens is 431 g/mol. The lowest BCUT2D eigenvalue weighted by molar-refractivity contribution is 1.33. The number of hydrogen-bond donors (Lipinski definition) is 0. The van der Waals surface area contributed by atoms with E-state index < -0.39 is 0 Å². The Kier molecular flexibility index (Phi) is 5.51. The molecule has 0 spiro atoms. The molecule has 3 aromatic rings. The second-order valence-corrected chi connectivity index (χ2v) is 7.36. The highest BCUT2D eigenvalue weighted by molar-refractivity contribution is 6.46. The number of benzene rings is 2. The van der Waals surface area contributed by atoms with E-state index in [-0.39, 0.29) is 0 Å². The molecule has 0 unspecified atom stereocenters. The van der Waals surface area contributed by atoms with Crippen LogP contribution >= 0.6 is 69.6 Å². The van der Waals surface area contributed by atoms with Gasteiger partial charge in [-0.2, -0.15) is 0 Å². The SMILES string of the molecule is Clc1cc(Cl)c(Cl)c(-c2ccncc2-c2cc(Cl)cc(Cl)c2Cl)c1. The van der Waals surface area contributed by atoms with Gasteiger partial charge in [0, 0.05) is 39.1 Å². The molecule has 0 amide bonds. The molecule has 0 radical (unpaired) electrons. The quantitative estimate of drug-likeness (QED) is 0.367. The summed E-state index contributed by atoms with van der Waals surface area (Å²) in [5.74, 6) is 0. The third-order valence-electron chi connectivity index (χ3n) is 3.39. The largest absolute Gasteiger partial charge is 0.264 e. The van der Waals surface area contributed by atoms with E-state index in [9.17, 15) is 0 Å². The van der Waals surface area contributed by atoms with Crippen LogP contribution in [0.3, 0.4) is 0 Å². The Bertz CT molecular complexity index is 862. The van der Waals surface area contributed by atoms with Crippen molar-refractivity contribution in [2.45, 2.75) is 0 Å². The minimum Gasteiger partial charge on any atom is -0.264 e. The normalized spacial score (nSPS) is 10.9. The topological polar surface area (TPSA) is 12.9 Å². The molecule has 3 rings (SSSR count). The molecule has 0 saturated heterocycles. The number of rotatable bonds is 2. The average molecular weight is 438 g/mol. The van der Waals surface area contributed by atoms with Gasteiger partial charge < -0.3 is 0 Å². The molecule has 0 fully saturated rings. The van der Waals surface area contributed by atoms with Crippen molar-refractivity contribution < 1.29 is 0 Å². The standard InChI is InChI=1S/C17H7Cl6N/c18-8-3-11(16(22)14(20)5-8)10-1-2-24-7-13(10)12-4-9(19)6-15(21)17(12)23/h1-7H. The van der Waals surface area contributed by atoms with Crippen molar-refractivity contribution in [3.05, 3.63) is 72.9 Å². The van der Waals surface area contributed by atoms with Crippen LogP contribution in [0, 0.1) is 0 Å². The van der Waals surface area contributed by atoms with Gasteiger partial charge in [-0.15, -0.1) is 0 Å². The van der Waals surface area contributed by atoms with Crippen LogP contribution in [0.1, 0.15) is 0 Å². The predicted molar refractivity (Wildman–Crippen MR) is 105 cm³/mol. The Hall–Kier alpha value is -0.670. The Balaban J connectivity index is 2.32. The van der Waals surface area contributed by atoms with Gasteiger partial charge >= 0.3 is 0 Å². The second-order valence-electron chi connectivity index (χ2n) is 4.92. The van der Waals surface area contributed by atoms with Crippen LogP contribution in [0.5, 0.6) is 0 Å². The monoisotopic (exact) mass is 435 g/mol. The molecular formula is C17H7Cl6N.